The molecule has 5 heteroatoms. The molecule has 74 valence electrons. The van der Waals surface area contributed by atoms with Crippen LogP contribution in [0.15, 0.2) is 0 Å². The highest BCUT2D eigenvalue weighted by atomic mass is 32.2. The molecular formula is C7H17NO3S. The lowest BCUT2D eigenvalue weighted by Gasteiger charge is -2.08. The van der Waals surface area contributed by atoms with Gasteiger partial charge < -0.3 is 4.90 Å². The third kappa shape index (κ3) is 9.87. The van der Waals surface area contributed by atoms with Crippen molar-refractivity contribution in [2.24, 2.45) is 0 Å². The molecular weight excluding hydrogens is 178 g/mol. The smallest absolute Gasteiger partial charge is 0.261 e. The van der Waals surface area contributed by atoms with E-state index in [0.29, 0.717) is 6.26 Å². The lowest BCUT2D eigenvalue weighted by molar-refractivity contribution is 0.359. The third-order valence-electron chi connectivity index (χ3n) is 1.65. The molecule has 1 aliphatic rings. The monoisotopic (exact) mass is 195 g/mol. The average Bonchev–Trinajstić information content (AvgIpc) is 2.33. The van der Waals surface area contributed by atoms with Crippen molar-refractivity contribution in [1.29, 1.82) is 0 Å². The van der Waals surface area contributed by atoms with Crippen LogP contribution >= 0.6 is 0 Å². The lowest BCUT2D eigenvalue weighted by atomic mass is 10.4. The lowest BCUT2D eigenvalue weighted by Crippen LogP contribution is -2.17. The maximum atomic E-state index is 9.19. The molecule has 0 saturated carbocycles. The molecule has 1 N–H and O–H groups in total. The van der Waals surface area contributed by atoms with E-state index < -0.39 is 10.1 Å². The molecule has 0 aromatic rings. The second-order valence-corrected chi connectivity index (χ2v) is 4.34. The Balaban J connectivity index is 0.000000217. The SMILES string of the molecule is CCN1CCCC1.CS(=O)(=O)O. The molecule has 0 aromatic heterocycles. The summed E-state index contributed by atoms with van der Waals surface area (Å²) in [4.78, 5) is 2.49. The van der Waals surface area contributed by atoms with Gasteiger partial charge in [0, 0.05) is 0 Å². The summed E-state index contributed by atoms with van der Waals surface area (Å²) in [6.45, 7) is 6.16. The number of hydrogen-bond acceptors (Lipinski definition) is 3. The predicted octanol–water partition coefficient (Wildman–Crippen LogP) is 0.606. The van der Waals surface area contributed by atoms with Crippen molar-refractivity contribution in [3.8, 4) is 0 Å². The van der Waals surface area contributed by atoms with Gasteiger partial charge in [0.25, 0.3) is 10.1 Å². The quantitative estimate of drug-likeness (QED) is 0.623. The Bertz CT molecular complexity index is 187. The fraction of sp³-hybridized carbons (Fsp3) is 1.00. The van der Waals surface area contributed by atoms with Crippen LogP contribution in [0.2, 0.25) is 0 Å². The summed E-state index contributed by atoms with van der Waals surface area (Å²) >= 11 is 0. The van der Waals surface area contributed by atoms with E-state index in [2.05, 4.69) is 11.8 Å². The van der Waals surface area contributed by atoms with Gasteiger partial charge in [0.2, 0.25) is 0 Å². The summed E-state index contributed by atoms with van der Waals surface area (Å²) in [6, 6.07) is 0. The Morgan fingerprint density at radius 3 is 1.83 bits per heavy atom. The molecule has 0 amide bonds. The Hall–Kier alpha value is -0.130. The molecule has 0 aliphatic carbocycles. The van der Waals surface area contributed by atoms with E-state index in [1.54, 1.807) is 0 Å². The van der Waals surface area contributed by atoms with E-state index in [9.17, 15) is 8.42 Å². The van der Waals surface area contributed by atoms with E-state index in [4.69, 9.17) is 4.55 Å². The summed E-state index contributed by atoms with van der Waals surface area (Å²) in [5.41, 5.74) is 0. The molecule has 0 atom stereocenters. The van der Waals surface area contributed by atoms with E-state index in [0.717, 1.165) is 0 Å². The van der Waals surface area contributed by atoms with Gasteiger partial charge >= 0.3 is 0 Å². The van der Waals surface area contributed by atoms with Crippen molar-refractivity contribution in [1.82, 2.24) is 4.90 Å². The first kappa shape index (κ1) is 11.9. The fourth-order valence-corrected chi connectivity index (χ4v) is 1.10. The molecule has 1 rings (SSSR count). The molecule has 4 nitrogen and oxygen atoms in total. The molecule has 0 spiro atoms. The Labute approximate surface area is 74.3 Å². The highest BCUT2D eigenvalue weighted by Gasteiger charge is 2.06. The number of likely N-dealkylation sites (tertiary alicyclic amines) is 1. The zero-order valence-corrected chi connectivity index (χ0v) is 8.47. The molecule has 1 heterocycles. The average molecular weight is 195 g/mol. The van der Waals surface area contributed by atoms with Gasteiger partial charge in [-0.1, -0.05) is 6.92 Å². The van der Waals surface area contributed by atoms with Crippen LogP contribution in [0.4, 0.5) is 0 Å². The second-order valence-electron chi connectivity index (χ2n) is 2.87. The van der Waals surface area contributed by atoms with Crippen molar-refractivity contribution < 1.29 is 13.0 Å². The Kier molecular flexibility index (Phi) is 5.44. The van der Waals surface area contributed by atoms with Crippen molar-refractivity contribution in [2.45, 2.75) is 19.8 Å². The number of nitrogens with zero attached hydrogens (tertiary/aromatic N) is 1. The number of hydrogen-bond donors (Lipinski definition) is 1. The van der Waals surface area contributed by atoms with Gasteiger partial charge in [-0.05, 0) is 32.5 Å². The minimum absolute atomic E-state index is 0.715. The highest BCUT2D eigenvalue weighted by molar-refractivity contribution is 7.85. The van der Waals surface area contributed by atoms with Crippen molar-refractivity contribution >= 4 is 10.1 Å². The van der Waals surface area contributed by atoms with E-state index in [1.807, 2.05) is 0 Å². The normalized spacial score (nSPS) is 18.6. The molecule has 1 saturated heterocycles. The first-order chi connectivity index (χ1) is 5.43. The predicted molar refractivity (Wildman–Crippen MR) is 48.8 cm³/mol. The van der Waals surface area contributed by atoms with Crippen LogP contribution in [-0.2, 0) is 10.1 Å². The third-order valence-corrected chi connectivity index (χ3v) is 1.65. The van der Waals surface area contributed by atoms with Gasteiger partial charge in [-0.2, -0.15) is 8.42 Å². The zero-order valence-electron chi connectivity index (χ0n) is 7.65. The van der Waals surface area contributed by atoms with Crippen molar-refractivity contribution in [3.05, 3.63) is 0 Å². The number of rotatable bonds is 1. The van der Waals surface area contributed by atoms with Gasteiger partial charge in [-0.3, -0.25) is 4.55 Å². The van der Waals surface area contributed by atoms with E-state index in [-0.39, 0.29) is 0 Å². The van der Waals surface area contributed by atoms with E-state index >= 15 is 0 Å². The van der Waals surface area contributed by atoms with Gasteiger partial charge in [0.05, 0.1) is 6.26 Å². The molecule has 0 radical (unpaired) electrons. The van der Waals surface area contributed by atoms with Crippen LogP contribution in [-0.4, -0.2) is 43.8 Å². The molecule has 1 aliphatic heterocycles. The molecule has 1 fully saturated rings. The van der Waals surface area contributed by atoms with Crippen LogP contribution in [0.1, 0.15) is 19.8 Å². The molecule has 0 bridgehead atoms. The summed E-state index contributed by atoms with van der Waals surface area (Å²) < 4.78 is 25.9. The fourth-order valence-electron chi connectivity index (χ4n) is 1.10. The van der Waals surface area contributed by atoms with Gasteiger partial charge in [0.15, 0.2) is 0 Å². The van der Waals surface area contributed by atoms with Crippen LogP contribution in [0.25, 0.3) is 0 Å². The van der Waals surface area contributed by atoms with Crippen LogP contribution < -0.4 is 0 Å². The van der Waals surface area contributed by atoms with Gasteiger partial charge in [-0.15, -0.1) is 0 Å². The summed E-state index contributed by atoms with van der Waals surface area (Å²) in [5.74, 6) is 0. The van der Waals surface area contributed by atoms with Crippen LogP contribution in [0.5, 0.6) is 0 Å². The maximum Gasteiger partial charge on any atom is 0.261 e. The first-order valence-corrected chi connectivity index (χ1v) is 5.93. The second kappa shape index (κ2) is 5.50. The van der Waals surface area contributed by atoms with Gasteiger partial charge in [-0.25, -0.2) is 0 Å². The van der Waals surface area contributed by atoms with Crippen molar-refractivity contribution in [2.75, 3.05) is 25.9 Å². The van der Waals surface area contributed by atoms with Crippen molar-refractivity contribution in [3.63, 3.8) is 0 Å². The van der Waals surface area contributed by atoms with Crippen LogP contribution in [0, 0.1) is 0 Å². The minimum Gasteiger partial charge on any atom is -0.304 e. The van der Waals surface area contributed by atoms with Gasteiger partial charge in [0.1, 0.15) is 0 Å². The summed E-state index contributed by atoms with van der Waals surface area (Å²) in [5, 5.41) is 0. The highest BCUT2D eigenvalue weighted by Crippen LogP contribution is 2.04. The molecule has 0 unspecified atom stereocenters. The molecule has 0 aromatic carbocycles. The summed E-state index contributed by atoms with van der Waals surface area (Å²) in [6.07, 6.45) is 3.56. The maximum absolute atomic E-state index is 9.19. The zero-order chi connectivity index (χ0) is 9.61. The Morgan fingerprint density at radius 1 is 1.33 bits per heavy atom. The van der Waals surface area contributed by atoms with Crippen LogP contribution in [0.3, 0.4) is 0 Å². The largest absolute Gasteiger partial charge is 0.304 e. The van der Waals surface area contributed by atoms with E-state index in [1.165, 1.54) is 32.5 Å². The first-order valence-electron chi connectivity index (χ1n) is 4.08. The Morgan fingerprint density at radius 2 is 1.67 bits per heavy atom. The molecule has 12 heavy (non-hydrogen) atoms. The summed E-state index contributed by atoms with van der Waals surface area (Å²) in [7, 11) is -3.67. The topological polar surface area (TPSA) is 57.6 Å². The standard InChI is InChI=1S/C6H13N.CH4O3S/c1-2-7-5-3-4-6-7;1-5(2,3)4/h2-6H2,1H3;1H3,(H,2,3,4). The minimum atomic E-state index is -3.67.